The second kappa shape index (κ2) is 6.01. The molecule has 90 valence electrons. The number of hydrogen-bond acceptors (Lipinski definition) is 3. The van der Waals surface area contributed by atoms with Gasteiger partial charge in [0.2, 0.25) is 0 Å². The summed E-state index contributed by atoms with van der Waals surface area (Å²) < 4.78 is 7.61. The van der Waals surface area contributed by atoms with Crippen LogP contribution in [0.3, 0.4) is 0 Å². The first kappa shape index (κ1) is 11.6. The van der Waals surface area contributed by atoms with Gasteiger partial charge in [-0.3, -0.25) is 4.68 Å². The minimum absolute atomic E-state index is 0.455. The predicted molar refractivity (Wildman–Crippen MR) is 63.3 cm³/mol. The Labute approximate surface area is 97.0 Å². The molecule has 2 unspecified atom stereocenters. The molecule has 1 N–H and O–H groups in total. The van der Waals surface area contributed by atoms with E-state index in [1.165, 1.54) is 0 Å². The Bertz CT molecular complexity index is 286. The average Bonchev–Trinajstić information content (AvgIpc) is 2.82. The minimum Gasteiger partial charge on any atom is -0.378 e. The van der Waals surface area contributed by atoms with E-state index < -0.39 is 0 Å². The first-order valence-corrected chi connectivity index (χ1v) is 6.21. The lowest BCUT2D eigenvalue weighted by Crippen LogP contribution is -2.40. The van der Waals surface area contributed by atoms with Gasteiger partial charge in [-0.2, -0.15) is 5.10 Å². The molecule has 0 bridgehead atoms. The summed E-state index contributed by atoms with van der Waals surface area (Å²) in [6.07, 6.45) is 7.68. The number of ether oxygens (including phenoxy) is 1. The van der Waals surface area contributed by atoms with Crippen molar-refractivity contribution in [2.24, 2.45) is 0 Å². The number of aromatic nitrogens is 2. The Morgan fingerprint density at radius 1 is 1.56 bits per heavy atom. The van der Waals surface area contributed by atoms with E-state index in [1.54, 1.807) is 0 Å². The molecule has 1 aromatic rings. The molecule has 1 aromatic heterocycles. The maximum atomic E-state index is 5.65. The minimum atomic E-state index is 0.455. The largest absolute Gasteiger partial charge is 0.378 e. The van der Waals surface area contributed by atoms with Gasteiger partial charge in [0.1, 0.15) is 0 Å². The summed E-state index contributed by atoms with van der Waals surface area (Å²) in [7, 11) is 0. The van der Waals surface area contributed by atoms with Gasteiger partial charge in [-0.25, -0.2) is 0 Å². The lowest BCUT2D eigenvalue weighted by molar-refractivity contribution is -0.0000998. The SMILES string of the molecule is CCC1CC(NCCn2cccn2)CCO1. The monoisotopic (exact) mass is 223 g/mol. The van der Waals surface area contributed by atoms with Gasteiger partial charge in [0.05, 0.1) is 12.6 Å². The molecule has 4 nitrogen and oxygen atoms in total. The molecule has 1 saturated heterocycles. The van der Waals surface area contributed by atoms with Crippen molar-refractivity contribution in [2.75, 3.05) is 13.2 Å². The van der Waals surface area contributed by atoms with Gasteiger partial charge in [0.15, 0.2) is 0 Å². The van der Waals surface area contributed by atoms with E-state index in [9.17, 15) is 0 Å². The number of nitrogens with one attached hydrogen (secondary N) is 1. The summed E-state index contributed by atoms with van der Waals surface area (Å²) in [5.74, 6) is 0. The Morgan fingerprint density at radius 3 is 3.25 bits per heavy atom. The molecule has 1 fully saturated rings. The second-order valence-corrected chi connectivity index (χ2v) is 4.35. The third-order valence-electron chi connectivity index (χ3n) is 3.16. The zero-order valence-corrected chi connectivity index (χ0v) is 9.93. The van der Waals surface area contributed by atoms with E-state index in [1.807, 2.05) is 23.1 Å². The van der Waals surface area contributed by atoms with Gasteiger partial charge >= 0.3 is 0 Å². The van der Waals surface area contributed by atoms with Crippen molar-refractivity contribution in [3.8, 4) is 0 Å². The van der Waals surface area contributed by atoms with E-state index in [4.69, 9.17) is 4.74 Å². The fraction of sp³-hybridized carbons (Fsp3) is 0.750. The van der Waals surface area contributed by atoms with Gasteiger partial charge in [0.25, 0.3) is 0 Å². The van der Waals surface area contributed by atoms with E-state index in [-0.39, 0.29) is 0 Å². The molecule has 0 spiro atoms. The van der Waals surface area contributed by atoms with Crippen LogP contribution < -0.4 is 5.32 Å². The first-order valence-electron chi connectivity index (χ1n) is 6.21. The molecule has 0 radical (unpaired) electrons. The summed E-state index contributed by atoms with van der Waals surface area (Å²) in [5, 5.41) is 7.77. The number of hydrogen-bond donors (Lipinski definition) is 1. The smallest absolute Gasteiger partial charge is 0.0587 e. The molecular weight excluding hydrogens is 202 g/mol. The highest BCUT2D eigenvalue weighted by Gasteiger charge is 2.20. The molecule has 1 aliphatic heterocycles. The third-order valence-corrected chi connectivity index (χ3v) is 3.16. The molecular formula is C12H21N3O. The lowest BCUT2D eigenvalue weighted by Gasteiger charge is -2.29. The van der Waals surface area contributed by atoms with Crippen LogP contribution in [0.15, 0.2) is 18.5 Å². The van der Waals surface area contributed by atoms with Crippen molar-refractivity contribution < 1.29 is 4.74 Å². The van der Waals surface area contributed by atoms with Crippen LogP contribution in [0.25, 0.3) is 0 Å². The van der Waals surface area contributed by atoms with Crippen molar-refractivity contribution in [2.45, 2.75) is 44.9 Å². The molecule has 0 aliphatic carbocycles. The second-order valence-electron chi connectivity index (χ2n) is 4.35. The molecule has 16 heavy (non-hydrogen) atoms. The molecule has 0 amide bonds. The zero-order valence-electron chi connectivity index (χ0n) is 9.93. The molecule has 2 heterocycles. The Balaban J connectivity index is 1.65. The zero-order chi connectivity index (χ0) is 11.2. The van der Waals surface area contributed by atoms with Gasteiger partial charge < -0.3 is 10.1 Å². The van der Waals surface area contributed by atoms with Crippen molar-refractivity contribution in [1.29, 1.82) is 0 Å². The van der Waals surface area contributed by atoms with Crippen LogP contribution >= 0.6 is 0 Å². The highest BCUT2D eigenvalue weighted by molar-refractivity contribution is 4.79. The summed E-state index contributed by atoms with van der Waals surface area (Å²) in [6.45, 7) is 5.03. The molecule has 2 atom stereocenters. The van der Waals surface area contributed by atoms with Crippen LogP contribution in [-0.2, 0) is 11.3 Å². The van der Waals surface area contributed by atoms with Crippen molar-refractivity contribution in [3.63, 3.8) is 0 Å². The standard InChI is InChI=1S/C12H21N3O/c1-2-12-10-11(4-9-16-12)13-6-8-15-7-3-5-14-15/h3,5,7,11-13H,2,4,6,8-10H2,1H3. The third kappa shape index (κ3) is 3.32. The maximum absolute atomic E-state index is 5.65. The quantitative estimate of drug-likeness (QED) is 0.820. The molecule has 2 rings (SSSR count). The topological polar surface area (TPSA) is 39.1 Å². The lowest BCUT2D eigenvalue weighted by atomic mass is 10.0. The van der Waals surface area contributed by atoms with Crippen LogP contribution in [0.5, 0.6) is 0 Å². The van der Waals surface area contributed by atoms with Gasteiger partial charge in [-0.15, -0.1) is 0 Å². The maximum Gasteiger partial charge on any atom is 0.0587 e. The van der Waals surface area contributed by atoms with E-state index in [0.717, 1.165) is 39.0 Å². The van der Waals surface area contributed by atoms with Crippen molar-refractivity contribution >= 4 is 0 Å². The highest BCUT2D eigenvalue weighted by atomic mass is 16.5. The summed E-state index contributed by atoms with van der Waals surface area (Å²) in [5.41, 5.74) is 0. The van der Waals surface area contributed by atoms with Crippen LogP contribution in [0, 0.1) is 0 Å². The van der Waals surface area contributed by atoms with Gasteiger partial charge in [-0.05, 0) is 25.3 Å². The van der Waals surface area contributed by atoms with Gasteiger partial charge in [-0.1, -0.05) is 6.92 Å². The highest BCUT2D eigenvalue weighted by Crippen LogP contribution is 2.15. The fourth-order valence-electron chi connectivity index (χ4n) is 2.17. The summed E-state index contributed by atoms with van der Waals surface area (Å²) in [4.78, 5) is 0. The van der Waals surface area contributed by atoms with E-state index >= 15 is 0 Å². The van der Waals surface area contributed by atoms with Crippen molar-refractivity contribution in [1.82, 2.24) is 15.1 Å². The Hall–Kier alpha value is -0.870. The molecule has 1 aliphatic rings. The molecule has 0 saturated carbocycles. The van der Waals surface area contributed by atoms with Crippen LogP contribution in [0.4, 0.5) is 0 Å². The number of nitrogens with zero attached hydrogens (tertiary/aromatic N) is 2. The van der Waals surface area contributed by atoms with Crippen molar-refractivity contribution in [3.05, 3.63) is 18.5 Å². The fourth-order valence-corrected chi connectivity index (χ4v) is 2.17. The van der Waals surface area contributed by atoms with E-state index in [0.29, 0.717) is 12.1 Å². The van der Waals surface area contributed by atoms with Crippen LogP contribution in [-0.4, -0.2) is 35.1 Å². The molecule has 0 aromatic carbocycles. The van der Waals surface area contributed by atoms with Crippen LogP contribution in [0.1, 0.15) is 26.2 Å². The normalized spacial score (nSPS) is 25.8. The van der Waals surface area contributed by atoms with Crippen LogP contribution in [0.2, 0.25) is 0 Å². The Morgan fingerprint density at radius 2 is 2.50 bits per heavy atom. The first-order chi connectivity index (χ1) is 7.88. The predicted octanol–water partition coefficient (Wildman–Crippen LogP) is 1.43. The summed E-state index contributed by atoms with van der Waals surface area (Å²) >= 11 is 0. The number of rotatable bonds is 5. The summed E-state index contributed by atoms with van der Waals surface area (Å²) in [6, 6.07) is 2.58. The van der Waals surface area contributed by atoms with Gasteiger partial charge in [0, 0.05) is 31.6 Å². The average molecular weight is 223 g/mol. The van der Waals surface area contributed by atoms with E-state index in [2.05, 4.69) is 17.3 Å². The molecule has 4 heteroatoms. The Kier molecular flexibility index (Phi) is 4.36.